The van der Waals surface area contributed by atoms with Gasteiger partial charge in [-0.1, -0.05) is 0 Å². The van der Waals surface area contributed by atoms with Crippen LogP contribution in [0.4, 0.5) is 5.13 Å². The van der Waals surface area contributed by atoms with E-state index in [1.54, 1.807) is 0 Å². The molecule has 2 heterocycles. The maximum absolute atomic E-state index is 11.8. The summed E-state index contributed by atoms with van der Waals surface area (Å²) in [6.07, 6.45) is 0.746. The number of hydrogen-bond acceptors (Lipinski definition) is 6. The van der Waals surface area contributed by atoms with Crippen LogP contribution in [-0.2, 0) is 14.3 Å². The molecule has 0 radical (unpaired) electrons. The summed E-state index contributed by atoms with van der Waals surface area (Å²) in [5, 5.41) is 5.26. The fraction of sp³-hybridized carbons (Fsp3) is 0.583. The number of aromatic nitrogens is 1. The minimum Gasteiger partial charge on any atom is -0.469 e. The van der Waals surface area contributed by atoms with E-state index in [4.69, 9.17) is 4.74 Å². The van der Waals surface area contributed by atoms with Gasteiger partial charge in [0.25, 0.3) is 0 Å². The third-order valence-electron chi connectivity index (χ3n) is 3.04. The summed E-state index contributed by atoms with van der Waals surface area (Å²) in [5.74, 6) is -0.404. The minimum absolute atomic E-state index is 0.0973. The number of likely N-dealkylation sites (tertiary alicyclic amines) is 1. The Morgan fingerprint density at radius 3 is 3.05 bits per heavy atom. The molecule has 1 fully saturated rings. The van der Waals surface area contributed by atoms with Crippen molar-refractivity contribution < 1.29 is 14.3 Å². The fourth-order valence-corrected chi connectivity index (χ4v) is 2.81. The number of methoxy groups -OCH3 is 1. The van der Waals surface area contributed by atoms with Crippen molar-refractivity contribution in [3.8, 4) is 0 Å². The highest BCUT2D eigenvalue weighted by molar-refractivity contribution is 7.13. The Kier molecular flexibility index (Phi) is 4.49. The first-order chi connectivity index (χ1) is 9.08. The van der Waals surface area contributed by atoms with E-state index < -0.39 is 0 Å². The number of thiazole rings is 1. The number of amides is 1. The van der Waals surface area contributed by atoms with Gasteiger partial charge in [-0.3, -0.25) is 14.5 Å². The van der Waals surface area contributed by atoms with E-state index in [9.17, 15) is 9.59 Å². The first-order valence-electron chi connectivity index (χ1n) is 6.10. The third-order valence-corrected chi connectivity index (χ3v) is 3.92. The van der Waals surface area contributed by atoms with Crippen molar-refractivity contribution in [2.24, 2.45) is 5.92 Å². The second-order valence-electron chi connectivity index (χ2n) is 4.59. The molecule has 104 valence electrons. The zero-order valence-electron chi connectivity index (χ0n) is 11.0. The van der Waals surface area contributed by atoms with Gasteiger partial charge >= 0.3 is 5.97 Å². The van der Waals surface area contributed by atoms with Gasteiger partial charge in [0, 0.05) is 11.9 Å². The molecule has 0 saturated carbocycles. The van der Waals surface area contributed by atoms with Gasteiger partial charge < -0.3 is 10.1 Å². The van der Waals surface area contributed by atoms with Crippen LogP contribution in [0.1, 0.15) is 12.1 Å². The Labute approximate surface area is 115 Å². The zero-order valence-corrected chi connectivity index (χ0v) is 11.8. The lowest BCUT2D eigenvalue weighted by molar-refractivity contribution is -0.145. The maximum atomic E-state index is 11.8. The van der Waals surface area contributed by atoms with Gasteiger partial charge in [0.1, 0.15) is 0 Å². The number of rotatable bonds is 4. The van der Waals surface area contributed by atoms with Crippen LogP contribution in [0.15, 0.2) is 5.38 Å². The maximum Gasteiger partial charge on any atom is 0.310 e. The molecule has 1 aromatic rings. The smallest absolute Gasteiger partial charge is 0.310 e. The summed E-state index contributed by atoms with van der Waals surface area (Å²) >= 11 is 1.41. The highest BCUT2D eigenvalue weighted by atomic mass is 32.1. The van der Waals surface area contributed by atoms with Crippen LogP contribution >= 0.6 is 11.3 Å². The normalized spacial score (nSPS) is 19.4. The van der Waals surface area contributed by atoms with Crippen LogP contribution < -0.4 is 5.32 Å². The highest BCUT2D eigenvalue weighted by Gasteiger charge is 2.29. The van der Waals surface area contributed by atoms with E-state index in [0.29, 0.717) is 11.7 Å². The summed E-state index contributed by atoms with van der Waals surface area (Å²) in [6, 6.07) is 0. The van der Waals surface area contributed by atoms with Gasteiger partial charge in [0.05, 0.1) is 25.3 Å². The molecule has 1 saturated heterocycles. The standard InChI is InChI=1S/C12H17N3O3S/c1-8-7-19-12(13-8)14-10(16)6-15-4-3-9(5-15)11(17)18-2/h7,9H,3-6H2,1-2H3,(H,13,14,16). The molecule has 0 aromatic carbocycles. The van der Waals surface area contributed by atoms with E-state index in [1.807, 2.05) is 17.2 Å². The van der Waals surface area contributed by atoms with E-state index in [2.05, 4.69) is 10.3 Å². The second-order valence-corrected chi connectivity index (χ2v) is 5.44. The Morgan fingerprint density at radius 1 is 1.63 bits per heavy atom. The molecule has 1 N–H and O–H groups in total. The summed E-state index contributed by atoms with van der Waals surface area (Å²) in [7, 11) is 1.39. The molecule has 0 spiro atoms. The molecule has 6 nitrogen and oxygen atoms in total. The number of hydrogen-bond donors (Lipinski definition) is 1. The molecule has 1 aliphatic rings. The van der Waals surface area contributed by atoms with Gasteiger partial charge in [-0.25, -0.2) is 4.98 Å². The average molecular weight is 283 g/mol. The van der Waals surface area contributed by atoms with Crippen LogP contribution in [-0.4, -0.2) is 48.5 Å². The first kappa shape index (κ1) is 14.0. The molecular formula is C12H17N3O3S. The molecule has 1 aliphatic heterocycles. The second kappa shape index (κ2) is 6.12. The van der Waals surface area contributed by atoms with Crippen LogP contribution in [0.2, 0.25) is 0 Å². The number of carbonyl (C=O) groups excluding carboxylic acids is 2. The Hall–Kier alpha value is -1.47. The zero-order chi connectivity index (χ0) is 13.8. The summed E-state index contributed by atoms with van der Waals surface area (Å²) < 4.78 is 4.71. The number of esters is 1. The Morgan fingerprint density at radius 2 is 2.42 bits per heavy atom. The van der Waals surface area contributed by atoms with Gasteiger partial charge in [0.2, 0.25) is 5.91 Å². The lowest BCUT2D eigenvalue weighted by Gasteiger charge is -2.14. The molecular weight excluding hydrogens is 266 g/mol. The average Bonchev–Trinajstić information content (AvgIpc) is 2.98. The Balaban J connectivity index is 1.79. The first-order valence-corrected chi connectivity index (χ1v) is 6.98. The quantitative estimate of drug-likeness (QED) is 0.831. The lowest BCUT2D eigenvalue weighted by Crippen LogP contribution is -2.32. The van der Waals surface area contributed by atoms with Crippen molar-refractivity contribution in [3.63, 3.8) is 0 Å². The van der Waals surface area contributed by atoms with Crippen molar-refractivity contribution in [2.75, 3.05) is 32.1 Å². The van der Waals surface area contributed by atoms with Crippen molar-refractivity contribution >= 4 is 28.3 Å². The van der Waals surface area contributed by atoms with Gasteiger partial charge in [-0.15, -0.1) is 11.3 Å². The lowest BCUT2D eigenvalue weighted by atomic mass is 10.1. The highest BCUT2D eigenvalue weighted by Crippen LogP contribution is 2.18. The summed E-state index contributed by atoms with van der Waals surface area (Å²) in [4.78, 5) is 29.3. The predicted octanol–water partition coefficient (Wildman–Crippen LogP) is 0.885. The van der Waals surface area contributed by atoms with Crippen molar-refractivity contribution in [3.05, 3.63) is 11.1 Å². The molecule has 7 heteroatoms. The van der Waals surface area contributed by atoms with Gasteiger partial charge in [-0.05, 0) is 19.9 Å². The number of nitrogens with one attached hydrogen (secondary N) is 1. The number of aryl methyl sites for hydroxylation is 1. The van der Waals surface area contributed by atoms with E-state index in [0.717, 1.165) is 18.7 Å². The summed E-state index contributed by atoms with van der Waals surface area (Å²) in [5.41, 5.74) is 0.896. The monoisotopic (exact) mass is 283 g/mol. The Bertz CT molecular complexity index is 475. The van der Waals surface area contributed by atoms with Crippen LogP contribution in [0.25, 0.3) is 0 Å². The largest absolute Gasteiger partial charge is 0.469 e. The van der Waals surface area contributed by atoms with E-state index in [1.165, 1.54) is 18.4 Å². The predicted molar refractivity (Wildman–Crippen MR) is 72.0 cm³/mol. The molecule has 2 rings (SSSR count). The molecule has 0 bridgehead atoms. The topological polar surface area (TPSA) is 71.5 Å². The molecule has 0 aliphatic carbocycles. The van der Waals surface area contributed by atoms with Gasteiger partial charge in [-0.2, -0.15) is 0 Å². The third kappa shape index (κ3) is 3.74. The minimum atomic E-state index is -0.196. The number of nitrogens with zero attached hydrogens (tertiary/aromatic N) is 2. The van der Waals surface area contributed by atoms with Crippen LogP contribution in [0, 0.1) is 12.8 Å². The van der Waals surface area contributed by atoms with Gasteiger partial charge in [0.15, 0.2) is 5.13 Å². The molecule has 1 aromatic heterocycles. The van der Waals surface area contributed by atoms with Crippen molar-refractivity contribution in [2.45, 2.75) is 13.3 Å². The number of carbonyl (C=O) groups is 2. The van der Waals surface area contributed by atoms with E-state index in [-0.39, 0.29) is 24.3 Å². The number of ether oxygens (including phenoxy) is 1. The molecule has 1 amide bonds. The van der Waals surface area contributed by atoms with Crippen molar-refractivity contribution in [1.29, 1.82) is 0 Å². The fourth-order valence-electron chi connectivity index (χ4n) is 2.11. The SMILES string of the molecule is COC(=O)C1CCN(CC(=O)Nc2nc(C)cs2)C1. The molecule has 19 heavy (non-hydrogen) atoms. The molecule has 1 atom stereocenters. The molecule has 1 unspecified atom stereocenters. The van der Waals surface area contributed by atoms with Crippen LogP contribution in [0.3, 0.4) is 0 Å². The van der Waals surface area contributed by atoms with Crippen molar-refractivity contribution in [1.82, 2.24) is 9.88 Å². The summed E-state index contributed by atoms with van der Waals surface area (Å²) in [6.45, 7) is 3.49. The van der Waals surface area contributed by atoms with E-state index >= 15 is 0 Å². The number of anilines is 1. The van der Waals surface area contributed by atoms with Crippen LogP contribution in [0.5, 0.6) is 0 Å².